The lowest BCUT2D eigenvalue weighted by molar-refractivity contribution is -0.267. The maximum absolute atomic E-state index is 14.1. The fourth-order valence-corrected chi connectivity index (χ4v) is 11.1. The second-order valence-electron chi connectivity index (χ2n) is 23.3. The molecule has 3 aliphatic rings. The Hall–Kier alpha value is -5.28. The van der Waals surface area contributed by atoms with Gasteiger partial charge in [-0.3, -0.25) is 29.0 Å². The van der Waals surface area contributed by atoms with Gasteiger partial charge in [0.1, 0.15) is 35.4 Å². The van der Waals surface area contributed by atoms with E-state index < -0.39 is 102 Å². The summed E-state index contributed by atoms with van der Waals surface area (Å²) in [5.74, 6) is -6.23. The molecule has 0 aliphatic carbocycles. The number of aromatic hydroxyl groups is 1. The molecule has 17 atom stereocenters. The summed E-state index contributed by atoms with van der Waals surface area (Å²) in [5, 5.41) is 76.3. The number of aliphatic hydroxyl groups excluding tert-OH is 5. The number of carbonyl (C=O) groups excluding carboxylic acids is 6. The van der Waals surface area contributed by atoms with Crippen LogP contribution in [0.4, 0.5) is 0 Å². The normalized spacial score (nSPS) is 27.3. The molecule has 3 aliphatic heterocycles. The third-order valence-electron chi connectivity index (χ3n) is 16.9. The molecule has 1 aromatic carbocycles. The van der Waals surface area contributed by atoms with E-state index in [-0.39, 0.29) is 79.3 Å². The molecule has 4 amide bonds. The van der Waals surface area contributed by atoms with Crippen molar-refractivity contribution in [2.75, 3.05) is 13.7 Å². The van der Waals surface area contributed by atoms with Crippen LogP contribution in [0.25, 0.3) is 0 Å². The van der Waals surface area contributed by atoms with Crippen molar-refractivity contribution < 1.29 is 68.9 Å². The number of rotatable bonds is 28. The number of nitrogens with one attached hydrogen (secondary N) is 4. The predicted octanol–water partition coefficient (Wildman–Crippen LogP) is 5.02. The SMILES string of the molecule is CC[C@H]1C[C@H](C)C2(NC1=O)OC(CC(O)[C@@H](C)CCC=CC=C(C)C(O)CC=CC=CC(O)[C@H](C)C(O)[C@@H](CCC(C)=O)C(=O)N[C@H](C(=O)N[C@@H](Cc1cccc(O)c1)C(=O)N1CCC[C@@H](C(=O)OC)N1)C(C)C)[C@H](C)C(O)[C@@H]2C. The molecular formula is C61H95N5O14. The number of ketones is 1. The topological polar surface area (TPSA) is 294 Å². The number of nitrogens with zero attached hydrogens (tertiary/aromatic N) is 1. The van der Waals surface area contributed by atoms with Crippen LogP contribution in [0.5, 0.6) is 5.75 Å². The molecule has 1 spiro atoms. The van der Waals surface area contributed by atoms with Gasteiger partial charge in [-0.1, -0.05) is 110 Å². The van der Waals surface area contributed by atoms with Gasteiger partial charge in [-0.2, -0.15) is 0 Å². The zero-order valence-corrected chi connectivity index (χ0v) is 49.0. The molecule has 0 saturated carbocycles. The summed E-state index contributed by atoms with van der Waals surface area (Å²) in [4.78, 5) is 79.8. The van der Waals surface area contributed by atoms with Crippen molar-refractivity contribution in [3.05, 3.63) is 77.9 Å². The highest BCUT2D eigenvalue weighted by molar-refractivity contribution is 5.93. The van der Waals surface area contributed by atoms with Crippen molar-refractivity contribution in [2.24, 2.45) is 47.3 Å². The van der Waals surface area contributed by atoms with E-state index in [0.29, 0.717) is 44.1 Å². The molecule has 3 saturated heterocycles. The predicted molar refractivity (Wildman–Crippen MR) is 303 cm³/mol. The summed E-state index contributed by atoms with van der Waals surface area (Å²) in [7, 11) is 1.25. The molecular weight excluding hydrogens is 1030 g/mol. The third-order valence-corrected chi connectivity index (χ3v) is 16.9. The van der Waals surface area contributed by atoms with E-state index in [4.69, 9.17) is 9.47 Å². The molecule has 448 valence electrons. The van der Waals surface area contributed by atoms with Crippen LogP contribution in [0, 0.1) is 47.3 Å². The number of phenols is 1. The van der Waals surface area contributed by atoms with Gasteiger partial charge in [0.15, 0.2) is 0 Å². The lowest BCUT2D eigenvalue weighted by Crippen LogP contribution is -2.71. The standard InChI is InChI=1S/C61H95N5O14/c1-12-44-31-38(6)61(64-56(44)74)42(10)54(72)41(9)52(80-61)34-51(71)37(5)22-16-13-15-21-36(4)49(69)26-17-14-18-27-50(70)40(8)55(73)46(29-28-39(7)67)57(75)63-53(35(2)3)58(76)62-48(33-43-23-19-24-45(68)32-43)59(77)66-30-20-25-47(65-66)60(78)79-11/h13-15,17-19,21,23-24,27,32,35,37-38,40-42,44,46-55,65,68-73H,12,16,20,22,25-26,28-31,33-34H2,1-11H3,(H,62,76)(H,63,75)(H,64,74)/t37-,38-,40-,41-,42-,44-,46+,47-,48-,49?,50?,51?,52?,53-,54?,55?,61?/m0/s1. The number of Topliss-reactive ketones (excluding diaryl/α,β-unsaturated/α-hetero) is 1. The van der Waals surface area contributed by atoms with Crippen LogP contribution in [-0.2, 0) is 44.7 Å². The second-order valence-corrected chi connectivity index (χ2v) is 23.3. The number of esters is 1. The van der Waals surface area contributed by atoms with Crippen molar-refractivity contribution in [1.29, 1.82) is 0 Å². The molecule has 4 rings (SSSR count). The highest BCUT2D eigenvalue weighted by Crippen LogP contribution is 2.46. The van der Waals surface area contributed by atoms with Crippen LogP contribution in [0.2, 0.25) is 0 Å². The Morgan fingerprint density at radius 3 is 2.33 bits per heavy atom. The van der Waals surface area contributed by atoms with Crippen molar-refractivity contribution in [3.8, 4) is 5.75 Å². The minimum atomic E-state index is -1.46. The molecule has 0 aromatic heterocycles. The van der Waals surface area contributed by atoms with Gasteiger partial charge >= 0.3 is 5.97 Å². The van der Waals surface area contributed by atoms with Gasteiger partial charge in [-0.25, -0.2) is 5.43 Å². The minimum absolute atomic E-state index is 0.00146. The maximum Gasteiger partial charge on any atom is 0.324 e. The summed E-state index contributed by atoms with van der Waals surface area (Å²) >= 11 is 0. The molecule has 10 N–H and O–H groups in total. The number of allylic oxidation sites excluding steroid dienone is 5. The van der Waals surface area contributed by atoms with Crippen LogP contribution in [0.3, 0.4) is 0 Å². The highest BCUT2D eigenvalue weighted by Gasteiger charge is 2.57. The molecule has 7 unspecified atom stereocenters. The number of aliphatic hydroxyl groups is 5. The molecule has 3 fully saturated rings. The third kappa shape index (κ3) is 18.6. The molecule has 19 heteroatoms. The number of methoxy groups -OCH3 is 1. The van der Waals surface area contributed by atoms with E-state index in [1.54, 1.807) is 51.1 Å². The first-order valence-electron chi connectivity index (χ1n) is 28.9. The van der Waals surface area contributed by atoms with Gasteiger partial charge in [0.05, 0.1) is 49.7 Å². The van der Waals surface area contributed by atoms with E-state index in [2.05, 4.69) is 28.3 Å². The summed E-state index contributed by atoms with van der Waals surface area (Å²) in [5.41, 5.74) is 3.16. The van der Waals surface area contributed by atoms with Crippen LogP contribution in [0.1, 0.15) is 139 Å². The molecule has 1 aromatic rings. The summed E-state index contributed by atoms with van der Waals surface area (Å²) in [6.45, 7) is 18.3. The number of ether oxygens (including phenoxy) is 2. The zero-order valence-electron chi connectivity index (χ0n) is 49.0. The van der Waals surface area contributed by atoms with Crippen LogP contribution >= 0.6 is 0 Å². The second kappa shape index (κ2) is 31.8. The Labute approximate surface area is 474 Å². The maximum atomic E-state index is 14.1. The summed E-state index contributed by atoms with van der Waals surface area (Å²) in [6, 6.07) is 3.01. The number of benzene rings is 1. The molecule has 19 nitrogen and oxygen atoms in total. The molecule has 3 heterocycles. The first-order chi connectivity index (χ1) is 37.8. The van der Waals surface area contributed by atoms with Crippen LogP contribution < -0.4 is 21.4 Å². The van der Waals surface area contributed by atoms with Gasteiger partial charge in [-0.05, 0) is 100 Å². The lowest BCUT2D eigenvalue weighted by Gasteiger charge is -2.56. The number of hydrogen-bond acceptors (Lipinski definition) is 15. The van der Waals surface area contributed by atoms with Crippen molar-refractivity contribution in [3.63, 3.8) is 0 Å². The first-order valence-corrected chi connectivity index (χ1v) is 28.9. The van der Waals surface area contributed by atoms with Gasteiger partial charge in [0, 0.05) is 55.4 Å². The number of hydrazine groups is 1. The average Bonchev–Trinajstić information content (AvgIpc) is 3.63. The monoisotopic (exact) mass is 1120 g/mol. The Morgan fingerprint density at radius 1 is 0.963 bits per heavy atom. The van der Waals surface area contributed by atoms with Gasteiger partial charge in [-0.15, -0.1) is 0 Å². The van der Waals surface area contributed by atoms with Crippen LogP contribution in [-0.4, -0.2) is 145 Å². The van der Waals surface area contributed by atoms with E-state index in [0.717, 1.165) is 12.0 Å². The quantitative estimate of drug-likeness (QED) is 0.0390. The van der Waals surface area contributed by atoms with Crippen molar-refractivity contribution in [1.82, 2.24) is 26.4 Å². The number of amides is 4. The van der Waals surface area contributed by atoms with Crippen molar-refractivity contribution >= 4 is 35.4 Å². The number of carbonyl (C=O) groups is 6. The molecule has 0 radical (unpaired) electrons. The average molecular weight is 1120 g/mol. The Morgan fingerprint density at radius 2 is 1.68 bits per heavy atom. The molecule has 80 heavy (non-hydrogen) atoms. The Bertz CT molecular complexity index is 2340. The van der Waals surface area contributed by atoms with E-state index >= 15 is 0 Å². The van der Waals surface area contributed by atoms with Crippen LogP contribution in [0.15, 0.2) is 72.4 Å². The first kappa shape index (κ1) is 67.2. The van der Waals surface area contributed by atoms with Gasteiger partial charge in [0.25, 0.3) is 5.91 Å². The lowest BCUT2D eigenvalue weighted by atomic mass is 9.69. The largest absolute Gasteiger partial charge is 0.508 e. The van der Waals surface area contributed by atoms with Gasteiger partial charge < -0.3 is 60.9 Å². The van der Waals surface area contributed by atoms with Crippen molar-refractivity contribution in [2.45, 2.75) is 200 Å². The van der Waals surface area contributed by atoms with E-state index in [1.807, 2.05) is 52.8 Å². The Balaban J connectivity index is 1.30. The van der Waals surface area contributed by atoms with E-state index in [9.17, 15) is 59.4 Å². The zero-order chi connectivity index (χ0) is 59.6. The fourth-order valence-electron chi connectivity index (χ4n) is 11.1. The van der Waals surface area contributed by atoms with E-state index in [1.165, 1.54) is 37.3 Å². The summed E-state index contributed by atoms with van der Waals surface area (Å²) in [6.07, 6.45) is 10.9. The fraction of sp³-hybridized carbons (Fsp3) is 0.672. The number of hydrogen-bond donors (Lipinski definition) is 10. The van der Waals surface area contributed by atoms with Gasteiger partial charge in [0.2, 0.25) is 17.7 Å². The smallest absolute Gasteiger partial charge is 0.324 e. The molecule has 0 bridgehead atoms. The summed E-state index contributed by atoms with van der Waals surface area (Å²) < 4.78 is 11.6. The highest BCUT2D eigenvalue weighted by atomic mass is 16.5. The number of phenolic OH excluding ortho intramolecular Hbond substituents is 1. The number of piperidine rings is 1. The Kier molecular flexibility index (Phi) is 26.7. The minimum Gasteiger partial charge on any atom is -0.508 e.